The van der Waals surface area contributed by atoms with E-state index in [4.69, 9.17) is 9.47 Å². The number of benzene rings is 2. The van der Waals surface area contributed by atoms with Crippen LogP contribution in [0.1, 0.15) is 41.7 Å². The normalized spacial score (nSPS) is 17.6. The topological polar surface area (TPSA) is 38.8 Å². The van der Waals surface area contributed by atoms with Gasteiger partial charge in [-0.15, -0.1) is 0 Å². The maximum atomic E-state index is 14.0. The van der Waals surface area contributed by atoms with Crippen LogP contribution in [0.2, 0.25) is 0 Å². The Bertz CT molecular complexity index is 789. The summed E-state index contributed by atoms with van der Waals surface area (Å²) < 4.78 is 38.6. The Hall–Kier alpha value is -2.47. The summed E-state index contributed by atoms with van der Waals surface area (Å²) in [5.41, 5.74) is 0.591. The van der Waals surface area contributed by atoms with Gasteiger partial charge in [-0.3, -0.25) is 4.79 Å². The van der Waals surface area contributed by atoms with E-state index in [1.54, 1.807) is 38.2 Å². The van der Waals surface area contributed by atoms with Crippen LogP contribution in [0.25, 0.3) is 0 Å². The van der Waals surface area contributed by atoms with E-state index in [0.29, 0.717) is 17.9 Å². The number of hydrogen-bond acceptors (Lipinski definition) is 3. The Morgan fingerprint density at radius 1 is 1.26 bits per heavy atom. The smallest absolute Gasteiger partial charge is 0.254 e. The molecule has 3 rings (SSSR count). The second-order valence-corrected chi connectivity index (χ2v) is 6.73. The van der Waals surface area contributed by atoms with Crippen molar-refractivity contribution < 1.29 is 23.0 Å². The van der Waals surface area contributed by atoms with Crippen molar-refractivity contribution in [2.45, 2.75) is 31.9 Å². The van der Waals surface area contributed by atoms with Crippen molar-refractivity contribution in [3.8, 4) is 5.75 Å². The minimum atomic E-state index is -0.608. The first-order valence-electron chi connectivity index (χ1n) is 9.02. The summed E-state index contributed by atoms with van der Waals surface area (Å²) in [5.74, 6) is -0.695. The van der Waals surface area contributed by atoms with E-state index < -0.39 is 17.7 Å². The average molecular weight is 375 g/mol. The maximum Gasteiger partial charge on any atom is 0.254 e. The fourth-order valence-corrected chi connectivity index (χ4v) is 3.08. The van der Waals surface area contributed by atoms with Gasteiger partial charge >= 0.3 is 0 Å². The highest BCUT2D eigenvalue weighted by Gasteiger charge is 2.22. The number of nitrogens with zero attached hydrogens (tertiary/aromatic N) is 1. The summed E-state index contributed by atoms with van der Waals surface area (Å²) in [6.45, 7) is 2.93. The first kappa shape index (κ1) is 19.3. The van der Waals surface area contributed by atoms with Gasteiger partial charge in [0.1, 0.15) is 24.0 Å². The molecule has 2 aromatic carbocycles. The molecule has 1 fully saturated rings. The molecule has 4 nitrogen and oxygen atoms in total. The molecule has 0 bridgehead atoms. The van der Waals surface area contributed by atoms with Crippen LogP contribution in [0.4, 0.5) is 8.78 Å². The second-order valence-electron chi connectivity index (χ2n) is 6.73. The van der Waals surface area contributed by atoms with Crippen LogP contribution in [-0.2, 0) is 4.74 Å². The van der Waals surface area contributed by atoms with E-state index in [9.17, 15) is 13.6 Å². The van der Waals surface area contributed by atoms with Gasteiger partial charge in [-0.1, -0.05) is 0 Å². The molecule has 2 aromatic rings. The summed E-state index contributed by atoms with van der Waals surface area (Å²) >= 11 is 0. The lowest BCUT2D eigenvalue weighted by Gasteiger charge is -2.26. The standard InChI is InChI=1S/C21H23F2NO3/c1-14(19-12-16(22)7-10-20(19)23)24(2)21(25)15-5-8-17(9-6-15)27-13-18-4-3-11-26-18/h5-10,12,14,18H,3-4,11,13H2,1-2H3. The minimum absolute atomic E-state index is 0.124. The van der Waals surface area contributed by atoms with E-state index in [0.717, 1.165) is 37.6 Å². The third-order valence-electron chi connectivity index (χ3n) is 4.87. The predicted molar refractivity (Wildman–Crippen MR) is 97.8 cm³/mol. The second kappa shape index (κ2) is 8.48. The van der Waals surface area contributed by atoms with Gasteiger partial charge in [0.25, 0.3) is 5.91 Å². The van der Waals surface area contributed by atoms with Gasteiger partial charge < -0.3 is 14.4 Å². The zero-order valence-corrected chi connectivity index (χ0v) is 15.5. The van der Waals surface area contributed by atoms with Gasteiger partial charge in [0.05, 0.1) is 12.1 Å². The molecule has 0 aliphatic carbocycles. The molecule has 1 amide bonds. The van der Waals surface area contributed by atoms with Crippen LogP contribution < -0.4 is 4.74 Å². The molecule has 2 unspecified atom stereocenters. The van der Waals surface area contributed by atoms with E-state index in [1.165, 1.54) is 4.90 Å². The maximum absolute atomic E-state index is 14.0. The molecule has 2 atom stereocenters. The van der Waals surface area contributed by atoms with E-state index in [2.05, 4.69) is 0 Å². The first-order valence-corrected chi connectivity index (χ1v) is 9.02. The molecule has 6 heteroatoms. The van der Waals surface area contributed by atoms with E-state index >= 15 is 0 Å². The Morgan fingerprint density at radius 2 is 2.00 bits per heavy atom. The van der Waals surface area contributed by atoms with Crippen molar-refractivity contribution in [1.82, 2.24) is 4.90 Å². The third kappa shape index (κ3) is 4.63. The molecule has 1 saturated heterocycles. The van der Waals surface area contributed by atoms with Crippen molar-refractivity contribution in [1.29, 1.82) is 0 Å². The molecule has 0 spiro atoms. The lowest BCUT2D eigenvalue weighted by molar-refractivity contribution is 0.0678. The summed E-state index contributed by atoms with van der Waals surface area (Å²) in [5, 5.41) is 0. The van der Waals surface area contributed by atoms with Crippen molar-refractivity contribution in [2.24, 2.45) is 0 Å². The largest absolute Gasteiger partial charge is 0.491 e. The van der Waals surface area contributed by atoms with Crippen molar-refractivity contribution in [2.75, 3.05) is 20.3 Å². The quantitative estimate of drug-likeness (QED) is 0.753. The summed E-state index contributed by atoms with van der Waals surface area (Å²) in [4.78, 5) is 14.1. The minimum Gasteiger partial charge on any atom is -0.491 e. The van der Waals surface area contributed by atoms with Crippen LogP contribution in [0.15, 0.2) is 42.5 Å². The molecule has 0 saturated carbocycles. The first-order chi connectivity index (χ1) is 13.0. The summed E-state index contributed by atoms with van der Waals surface area (Å²) in [6.07, 6.45) is 2.17. The molecule has 1 aliphatic heterocycles. The molecule has 27 heavy (non-hydrogen) atoms. The Morgan fingerprint density at radius 3 is 2.67 bits per heavy atom. The summed E-state index contributed by atoms with van der Waals surface area (Å²) in [6, 6.07) is 9.42. The van der Waals surface area contributed by atoms with Crippen molar-refractivity contribution in [3.05, 3.63) is 65.2 Å². The molecular weight excluding hydrogens is 352 g/mol. The SMILES string of the molecule is CC(c1cc(F)ccc1F)N(C)C(=O)c1ccc(OCC2CCCO2)cc1. The lowest BCUT2D eigenvalue weighted by atomic mass is 10.1. The molecule has 0 aromatic heterocycles. The molecule has 1 heterocycles. The number of halogens is 2. The molecule has 144 valence electrons. The Kier molecular flexibility index (Phi) is 6.06. The zero-order valence-electron chi connectivity index (χ0n) is 15.5. The fraction of sp³-hybridized carbons (Fsp3) is 0.381. The highest BCUT2D eigenvalue weighted by molar-refractivity contribution is 5.94. The van der Waals surface area contributed by atoms with Crippen LogP contribution in [0, 0.1) is 11.6 Å². The number of ether oxygens (including phenoxy) is 2. The lowest BCUT2D eigenvalue weighted by Crippen LogP contribution is -2.30. The molecular formula is C21H23F2NO3. The number of carbonyl (C=O) groups excluding carboxylic acids is 1. The molecule has 0 radical (unpaired) electrons. The highest BCUT2D eigenvalue weighted by atomic mass is 19.1. The van der Waals surface area contributed by atoms with Crippen LogP contribution in [0.3, 0.4) is 0 Å². The molecule has 0 N–H and O–H groups in total. The van der Waals surface area contributed by atoms with Gasteiger partial charge in [-0.25, -0.2) is 8.78 Å². The number of carbonyl (C=O) groups is 1. The predicted octanol–water partition coefficient (Wildman–Crippen LogP) is 4.36. The van der Waals surface area contributed by atoms with Gasteiger partial charge in [0.15, 0.2) is 0 Å². The van der Waals surface area contributed by atoms with Crippen LogP contribution in [0.5, 0.6) is 5.75 Å². The molecule has 1 aliphatic rings. The zero-order chi connectivity index (χ0) is 19.4. The number of rotatable bonds is 6. The monoisotopic (exact) mass is 375 g/mol. The summed E-state index contributed by atoms with van der Waals surface area (Å²) in [7, 11) is 1.57. The highest BCUT2D eigenvalue weighted by Crippen LogP contribution is 2.25. The van der Waals surface area contributed by atoms with Gasteiger partial charge in [-0.05, 0) is 62.2 Å². The number of hydrogen-bond donors (Lipinski definition) is 0. The number of amides is 1. The van der Waals surface area contributed by atoms with Crippen LogP contribution in [-0.4, -0.2) is 37.2 Å². The third-order valence-corrected chi connectivity index (χ3v) is 4.87. The van der Waals surface area contributed by atoms with Gasteiger partial charge in [0.2, 0.25) is 0 Å². The van der Waals surface area contributed by atoms with Gasteiger partial charge in [-0.2, -0.15) is 0 Å². The fourth-order valence-electron chi connectivity index (χ4n) is 3.08. The van der Waals surface area contributed by atoms with Crippen LogP contribution >= 0.6 is 0 Å². The van der Waals surface area contributed by atoms with E-state index in [-0.39, 0.29) is 17.6 Å². The van der Waals surface area contributed by atoms with Gasteiger partial charge in [0, 0.05) is 24.8 Å². The average Bonchev–Trinajstić information content (AvgIpc) is 3.20. The van der Waals surface area contributed by atoms with Crippen molar-refractivity contribution in [3.63, 3.8) is 0 Å². The van der Waals surface area contributed by atoms with E-state index in [1.807, 2.05) is 0 Å². The van der Waals surface area contributed by atoms with Crippen molar-refractivity contribution >= 4 is 5.91 Å². The Labute approximate surface area is 157 Å². The Balaban J connectivity index is 1.64.